The Morgan fingerprint density at radius 1 is 0.422 bits per heavy atom. The highest BCUT2D eigenvalue weighted by Crippen LogP contribution is 2.53. The summed E-state index contributed by atoms with van der Waals surface area (Å²) in [6.45, 7) is 13.9. The molecular formula is C78H62BN3O. The maximum absolute atomic E-state index is 7.11. The third kappa shape index (κ3) is 7.74. The maximum atomic E-state index is 7.11. The average molecular weight is 1070 g/mol. The third-order valence-corrected chi connectivity index (χ3v) is 18.1. The molecule has 0 unspecified atom stereocenters. The van der Waals surface area contributed by atoms with Crippen molar-refractivity contribution in [1.82, 2.24) is 4.48 Å². The maximum Gasteiger partial charge on any atom is 0.333 e. The summed E-state index contributed by atoms with van der Waals surface area (Å²) >= 11 is 0. The Morgan fingerprint density at radius 3 is 1.53 bits per heavy atom. The quantitative estimate of drug-likeness (QED) is 0.112. The molecule has 0 fully saturated rings. The van der Waals surface area contributed by atoms with Gasteiger partial charge in [-0.05, 0) is 168 Å². The first-order valence-electron chi connectivity index (χ1n) is 29.4. The van der Waals surface area contributed by atoms with Gasteiger partial charge < -0.3 is 18.7 Å². The average Bonchev–Trinajstić information content (AvgIpc) is 1.90. The zero-order valence-corrected chi connectivity index (χ0v) is 47.8. The lowest BCUT2D eigenvalue weighted by atomic mass is 9.44. The van der Waals surface area contributed by atoms with Gasteiger partial charge >= 0.3 is 6.85 Å². The van der Waals surface area contributed by atoms with Crippen LogP contribution < -0.4 is 20.7 Å². The highest BCUT2D eigenvalue weighted by Gasteiger charge is 2.45. The van der Waals surface area contributed by atoms with Crippen LogP contribution in [0.25, 0.3) is 76.4 Å². The second kappa shape index (κ2) is 18.5. The lowest BCUT2D eigenvalue weighted by Crippen LogP contribution is -2.56. The molecule has 0 N–H and O–H groups in total. The Hall–Kier alpha value is -9.58. The number of anilines is 6. The van der Waals surface area contributed by atoms with E-state index in [-0.39, 0.29) is 17.7 Å². The largest absolute Gasteiger partial charge is 0.455 e. The summed E-state index contributed by atoms with van der Waals surface area (Å²) in [5.41, 5.74) is 23.6. The number of aromatic nitrogens is 1. The molecule has 12 aromatic carbocycles. The summed E-state index contributed by atoms with van der Waals surface area (Å²) in [6, 6.07) is 91.1. The lowest BCUT2D eigenvalue weighted by molar-refractivity contribution is 0.569. The monoisotopic (exact) mass is 1070 g/mol. The fourth-order valence-electron chi connectivity index (χ4n) is 14.1. The summed E-state index contributed by atoms with van der Waals surface area (Å²) in [5, 5.41) is 9.77. The van der Waals surface area contributed by atoms with Crippen LogP contribution in [-0.2, 0) is 23.7 Å². The minimum atomic E-state index is -0.232. The molecule has 0 saturated carbocycles. The highest BCUT2D eigenvalue weighted by molar-refractivity contribution is 6.90. The predicted octanol–water partition coefficient (Wildman–Crippen LogP) is 19.7. The molecule has 2 aliphatic rings. The highest BCUT2D eigenvalue weighted by atomic mass is 16.3. The molecule has 5 heteroatoms. The van der Waals surface area contributed by atoms with Gasteiger partial charge in [-0.2, -0.15) is 0 Å². The Labute approximate surface area is 485 Å². The van der Waals surface area contributed by atoms with Gasteiger partial charge in [0, 0.05) is 66.9 Å². The summed E-state index contributed by atoms with van der Waals surface area (Å²) < 4.78 is 9.82. The molecule has 83 heavy (non-hydrogen) atoms. The smallest absolute Gasteiger partial charge is 0.333 e. The van der Waals surface area contributed by atoms with Gasteiger partial charge in [0.1, 0.15) is 11.2 Å². The predicted molar refractivity (Wildman–Crippen MR) is 353 cm³/mol. The number of hydrogen-bond donors (Lipinski definition) is 0. The Kier molecular flexibility index (Phi) is 11.0. The van der Waals surface area contributed by atoms with Crippen LogP contribution in [0.1, 0.15) is 74.9 Å². The number of hydrogen-bond acceptors (Lipinski definition) is 3. The molecule has 2 aromatic heterocycles. The molecule has 4 heterocycles. The first-order chi connectivity index (χ1) is 40.4. The third-order valence-electron chi connectivity index (χ3n) is 18.1. The fourth-order valence-corrected chi connectivity index (χ4v) is 14.1. The zero-order chi connectivity index (χ0) is 55.9. The molecular weight excluding hydrogens is 1010 g/mol. The summed E-state index contributed by atoms with van der Waals surface area (Å²) in [5.74, 6) is 0. The first kappa shape index (κ1) is 49.3. The number of fused-ring (bicyclic) bond motifs is 13. The Bertz CT molecular complexity index is 4860. The van der Waals surface area contributed by atoms with Crippen molar-refractivity contribution in [2.24, 2.45) is 0 Å². The Balaban J connectivity index is 1.12. The molecule has 0 amide bonds. The van der Waals surface area contributed by atoms with E-state index < -0.39 is 0 Å². The van der Waals surface area contributed by atoms with E-state index in [4.69, 9.17) is 4.42 Å². The number of benzene rings is 12. The number of nitrogens with zero attached hydrogens (tertiary/aromatic N) is 3. The van der Waals surface area contributed by atoms with Crippen molar-refractivity contribution in [3.05, 3.63) is 276 Å². The van der Waals surface area contributed by atoms with E-state index in [1.54, 1.807) is 0 Å². The molecule has 398 valence electrons. The van der Waals surface area contributed by atoms with E-state index in [9.17, 15) is 0 Å². The van der Waals surface area contributed by atoms with Crippen molar-refractivity contribution < 1.29 is 4.42 Å². The fraction of sp³-hybridized carbons (Fsp3) is 0.128. The number of furan rings is 1. The van der Waals surface area contributed by atoms with E-state index in [0.717, 1.165) is 62.9 Å². The second-order valence-corrected chi connectivity index (χ2v) is 25.2. The van der Waals surface area contributed by atoms with E-state index in [1.807, 2.05) is 0 Å². The van der Waals surface area contributed by atoms with Gasteiger partial charge in [-0.15, -0.1) is 0 Å². The van der Waals surface area contributed by atoms with Gasteiger partial charge in [0.05, 0.1) is 5.39 Å². The van der Waals surface area contributed by atoms with Crippen LogP contribution in [0.2, 0.25) is 0 Å². The normalized spacial score (nSPS) is 13.0. The summed E-state index contributed by atoms with van der Waals surface area (Å²) in [7, 11) is 0. The van der Waals surface area contributed by atoms with E-state index in [1.165, 1.54) is 105 Å². The van der Waals surface area contributed by atoms with Crippen LogP contribution in [0, 0.1) is 0 Å². The molecule has 0 radical (unpaired) electrons. The molecule has 0 aliphatic carbocycles. The van der Waals surface area contributed by atoms with Crippen molar-refractivity contribution in [2.45, 2.75) is 65.2 Å². The summed E-state index contributed by atoms with van der Waals surface area (Å²) in [6.07, 6.45) is 1.58. The van der Waals surface area contributed by atoms with Gasteiger partial charge in [-0.25, -0.2) is 0 Å². The standard InChI is InChI=1S/C78H62BN3O/c1-77(2,3)51-41-52(78(4,5)6)43-55(42-51)81-70-48-64-62(40-50-27-13-8-14-28-50)58-34-20-19-33-57(58)61(39-49-25-11-7-12-26-49)63(64)47-68(70)79-74-65(44-56(45-71(74)81)80(53-29-15-9-16-30-53)54-31-17-10-18-32-54)66-46-67-59-35-22-24-38-72(59)83-76(67)73-60-36-21-23-37-69(60)82(79)75(66)73/h7-38,41-48H,39-40H2,1-6H3. The molecule has 0 bridgehead atoms. The van der Waals surface area contributed by atoms with Crippen LogP contribution in [-0.4, -0.2) is 11.3 Å². The number of para-hydroxylation sites is 4. The van der Waals surface area contributed by atoms with Crippen molar-refractivity contribution in [1.29, 1.82) is 0 Å². The second-order valence-electron chi connectivity index (χ2n) is 25.2. The zero-order valence-electron chi connectivity index (χ0n) is 47.8. The summed E-state index contributed by atoms with van der Waals surface area (Å²) in [4.78, 5) is 5.14. The molecule has 2 aliphatic heterocycles. The SMILES string of the molecule is CC(C)(C)c1cc(N2c3cc4c(Cc5ccccc5)c5ccccc5c(Cc5ccccc5)c4cc3B3c4c(cc(N(c5ccccc5)c5ccccc5)cc42)-c2cc4c5ccccc5oc4c4c5ccccc5n3c24)cc(C(C)(C)C)c1. The van der Waals surface area contributed by atoms with Gasteiger partial charge in [-0.1, -0.05) is 211 Å². The molecule has 16 rings (SSSR count). The van der Waals surface area contributed by atoms with E-state index in [2.05, 4.69) is 298 Å². The van der Waals surface area contributed by atoms with Gasteiger partial charge in [0.2, 0.25) is 0 Å². The first-order valence-corrected chi connectivity index (χ1v) is 29.4. The molecule has 4 nitrogen and oxygen atoms in total. The van der Waals surface area contributed by atoms with Crippen molar-refractivity contribution in [2.75, 3.05) is 9.80 Å². The minimum absolute atomic E-state index is 0.138. The van der Waals surface area contributed by atoms with Crippen LogP contribution in [0.15, 0.2) is 247 Å². The number of rotatable bonds is 8. The topological polar surface area (TPSA) is 24.6 Å². The van der Waals surface area contributed by atoms with Gasteiger partial charge in [0.15, 0.2) is 0 Å². The minimum Gasteiger partial charge on any atom is -0.455 e. The van der Waals surface area contributed by atoms with Crippen LogP contribution in [0.3, 0.4) is 0 Å². The van der Waals surface area contributed by atoms with Crippen LogP contribution in [0.5, 0.6) is 0 Å². The van der Waals surface area contributed by atoms with Crippen molar-refractivity contribution in [3.8, 4) is 11.1 Å². The van der Waals surface area contributed by atoms with Crippen molar-refractivity contribution in [3.63, 3.8) is 0 Å². The van der Waals surface area contributed by atoms with E-state index >= 15 is 0 Å². The molecule has 0 saturated heterocycles. The van der Waals surface area contributed by atoms with Gasteiger partial charge in [0.25, 0.3) is 0 Å². The van der Waals surface area contributed by atoms with E-state index in [0.29, 0.717) is 0 Å². The van der Waals surface area contributed by atoms with Crippen LogP contribution in [0.4, 0.5) is 34.1 Å². The molecule has 0 atom stereocenters. The van der Waals surface area contributed by atoms with Gasteiger partial charge in [-0.3, -0.25) is 0 Å². The lowest BCUT2D eigenvalue weighted by Gasteiger charge is -2.42. The molecule has 0 spiro atoms. The Morgan fingerprint density at radius 2 is 0.940 bits per heavy atom. The molecule has 14 aromatic rings. The van der Waals surface area contributed by atoms with Crippen LogP contribution >= 0.6 is 0 Å². The van der Waals surface area contributed by atoms with Crippen molar-refractivity contribution >= 4 is 117 Å².